The van der Waals surface area contributed by atoms with E-state index in [2.05, 4.69) is 0 Å². The van der Waals surface area contributed by atoms with Crippen LogP contribution in [0.25, 0.3) is 0 Å². The van der Waals surface area contributed by atoms with Gasteiger partial charge in [0.05, 0.1) is 25.7 Å². The number of rotatable bonds is 5. The summed E-state index contributed by atoms with van der Waals surface area (Å²) in [6.45, 7) is 0. The fourth-order valence-electron chi connectivity index (χ4n) is 1.77. The molecule has 0 fully saturated rings. The molecule has 0 bridgehead atoms. The van der Waals surface area contributed by atoms with Crippen molar-refractivity contribution in [1.82, 2.24) is 0 Å². The lowest BCUT2D eigenvalue weighted by atomic mass is 10.1. The van der Waals surface area contributed by atoms with Crippen LogP contribution >= 0.6 is 23.2 Å². The number of halogens is 3. The molecule has 0 spiro atoms. The fourth-order valence-corrected chi connectivity index (χ4v) is 3.83. The molecule has 0 aliphatic carbocycles. The van der Waals surface area contributed by atoms with Gasteiger partial charge in [-0.2, -0.15) is 0 Å². The van der Waals surface area contributed by atoms with Gasteiger partial charge < -0.3 is 0 Å². The van der Waals surface area contributed by atoms with E-state index < -0.39 is 16.6 Å². The first-order valence-corrected chi connectivity index (χ1v) is 8.17. The van der Waals surface area contributed by atoms with Crippen LogP contribution in [0.3, 0.4) is 0 Å². The molecule has 21 heavy (non-hydrogen) atoms. The number of carbonyl (C=O) groups is 1. The van der Waals surface area contributed by atoms with Crippen molar-refractivity contribution in [2.45, 2.75) is 11.3 Å². The molecular weight excluding hydrogens is 334 g/mol. The zero-order valence-corrected chi connectivity index (χ0v) is 13.1. The van der Waals surface area contributed by atoms with Crippen molar-refractivity contribution in [2.24, 2.45) is 0 Å². The molecule has 0 saturated heterocycles. The van der Waals surface area contributed by atoms with Gasteiger partial charge in [0.15, 0.2) is 5.78 Å². The second-order valence-electron chi connectivity index (χ2n) is 4.28. The molecule has 2 nitrogen and oxygen atoms in total. The van der Waals surface area contributed by atoms with Crippen LogP contribution in [-0.2, 0) is 10.8 Å². The van der Waals surface area contributed by atoms with E-state index in [0.29, 0.717) is 20.5 Å². The Bertz CT molecular complexity index is 666. The molecule has 0 heterocycles. The summed E-state index contributed by atoms with van der Waals surface area (Å²) in [5.41, 5.74) is 0.388. The maximum atomic E-state index is 12.8. The molecule has 6 heteroatoms. The minimum absolute atomic E-state index is 0.0692. The average Bonchev–Trinajstić information content (AvgIpc) is 2.45. The molecule has 0 saturated carbocycles. The Labute approximate surface area is 134 Å². The first-order valence-electron chi connectivity index (χ1n) is 6.10. The lowest BCUT2D eigenvalue weighted by molar-refractivity contribution is 0.0989. The van der Waals surface area contributed by atoms with Gasteiger partial charge in [-0.1, -0.05) is 29.3 Å². The van der Waals surface area contributed by atoms with E-state index in [1.54, 1.807) is 18.2 Å². The summed E-state index contributed by atoms with van der Waals surface area (Å²) in [5.74, 6) is -0.496. The maximum absolute atomic E-state index is 12.8. The van der Waals surface area contributed by atoms with E-state index in [1.165, 1.54) is 24.3 Å². The standard InChI is InChI=1S/C15H11Cl2FO2S/c16-12-2-1-3-13(17)15(12)21(20)9-8-14(19)10-4-6-11(18)7-5-10/h1-7H,8-9H2. The SMILES string of the molecule is O=C(CCS(=O)c1c(Cl)cccc1Cl)c1ccc(F)cc1. The highest BCUT2D eigenvalue weighted by Gasteiger charge is 2.15. The Balaban J connectivity index is 2.04. The summed E-state index contributed by atoms with van der Waals surface area (Å²) in [5, 5.41) is 0.630. The summed E-state index contributed by atoms with van der Waals surface area (Å²) < 4.78 is 25.0. The summed E-state index contributed by atoms with van der Waals surface area (Å²) in [4.78, 5) is 12.3. The molecule has 2 aromatic rings. The molecule has 0 amide bonds. The quantitative estimate of drug-likeness (QED) is 0.747. The van der Waals surface area contributed by atoms with E-state index in [-0.39, 0.29) is 18.0 Å². The number of carbonyl (C=O) groups excluding carboxylic acids is 1. The second kappa shape index (κ2) is 7.16. The lowest BCUT2D eigenvalue weighted by Gasteiger charge is -2.06. The topological polar surface area (TPSA) is 34.1 Å². The minimum Gasteiger partial charge on any atom is -0.294 e. The fraction of sp³-hybridized carbons (Fsp3) is 0.133. The van der Waals surface area contributed by atoms with Crippen LogP contribution in [0.4, 0.5) is 4.39 Å². The second-order valence-corrected chi connectivity index (χ2v) is 6.60. The van der Waals surface area contributed by atoms with Gasteiger partial charge >= 0.3 is 0 Å². The zero-order valence-electron chi connectivity index (χ0n) is 10.8. The largest absolute Gasteiger partial charge is 0.294 e. The van der Waals surface area contributed by atoms with E-state index in [0.717, 1.165) is 0 Å². The monoisotopic (exact) mass is 344 g/mol. The third-order valence-corrected chi connectivity index (χ3v) is 5.15. The molecule has 0 aliphatic heterocycles. The Kier molecular flexibility index (Phi) is 5.51. The molecular formula is C15H11Cl2FO2S. The van der Waals surface area contributed by atoms with Crippen molar-refractivity contribution in [3.8, 4) is 0 Å². The van der Waals surface area contributed by atoms with Gasteiger partial charge in [-0.15, -0.1) is 0 Å². The highest BCUT2D eigenvalue weighted by molar-refractivity contribution is 7.85. The van der Waals surface area contributed by atoms with E-state index >= 15 is 0 Å². The molecule has 2 aromatic carbocycles. The van der Waals surface area contributed by atoms with Crippen LogP contribution in [0.15, 0.2) is 47.4 Å². The average molecular weight is 345 g/mol. The molecule has 0 aliphatic rings. The van der Waals surface area contributed by atoms with Gasteiger partial charge in [-0.25, -0.2) is 4.39 Å². The van der Waals surface area contributed by atoms with Gasteiger partial charge in [0, 0.05) is 17.7 Å². The number of benzene rings is 2. The van der Waals surface area contributed by atoms with Gasteiger partial charge in [0.2, 0.25) is 0 Å². The number of ketones is 1. The highest BCUT2D eigenvalue weighted by atomic mass is 35.5. The van der Waals surface area contributed by atoms with Crippen LogP contribution < -0.4 is 0 Å². The third kappa shape index (κ3) is 4.13. The molecule has 0 aromatic heterocycles. The molecule has 0 radical (unpaired) electrons. The van der Waals surface area contributed by atoms with Crippen LogP contribution in [0.1, 0.15) is 16.8 Å². The molecule has 0 N–H and O–H groups in total. The van der Waals surface area contributed by atoms with Crippen molar-refractivity contribution >= 4 is 39.8 Å². The van der Waals surface area contributed by atoms with Crippen LogP contribution in [-0.4, -0.2) is 15.7 Å². The van der Waals surface area contributed by atoms with Gasteiger partial charge in [0.1, 0.15) is 5.82 Å². The molecule has 1 atom stereocenters. The first kappa shape index (κ1) is 16.1. The van der Waals surface area contributed by atoms with Crippen molar-refractivity contribution in [3.05, 3.63) is 63.9 Å². The maximum Gasteiger partial charge on any atom is 0.163 e. The van der Waals surface area contributed by atoms with Crippen molar-refractivity contribution < 1.29 is 13.4 Å². The summed E-state index contributed by atoms with van der Waals surface area (Å²) in [7, 11) is -1.46. The highest BCUT2D eigenvalue weighted by Crippen LogP contribution is 2.28. The normalized spacial score (nSPS) is 12.1. The number of hydrogen-bond acceptors (Lipinski definition) is 2. The van der Waals surface area contributed by atoms with Crippen molar-refractivity contribution in [2.75, 3.05) is 5.75 Å². The Morgan fingerprint density at radius 2 is 1.62 bits per heavy atom. The van der Waals surface area contributed by atoms with Gasteiger partial charge in [-0.3, -0.25) is 9.00 Å². The van der Waals surface area contributed by atoms with Crippen LogP contribution in [0.2, 0.25) is 10.0 Å². The summed E-state index contributed by atoms with van der Waals surface area (Å²) in [6.07, 6.45) is 0.0692. The number of Topliss-reactive ketones (excluding diaryl/α,β-unsaturated/α-hetero) is 1. The van der Waals surface area contributed by atoms with E-state index in [4.69, 9.17) is 23.2 Å². The van der Waals surface area contributed by atoms with E-state index in [1.807, 2.05) is 0 Å². The third-order valence-electron chi connectivity index (χ3n) is 2.83. The lowest BCUT2D eigenvalue weighted by Crippen LogP contribution is -2.07. The zero-order chi connectivity index (χ0) is 15.4. The van der Waals surface area contributed by atoms with Crippen LogP contribution in [0.5, 0.6) is 0 Å². The Morgan fingerprint density at radius 1 is 1.05 bits per heavy atom. The number of hydrogen-bond donors (Lipinski definition) is 0. The van der Waals surface area contributed by atoms with E-state index in [9.17, 15) is 13.4 Å². The molecule has 110 valence electrons. The van der Waals surface area contributed by atoms with Crippen molar-refractivity contribution in [3.63, 3.8) is 0 Å². The molecule has 1 unspecified atom stereocenters. The van der Waals surface area contributed by atoms with Gasteiger partial charge in [0.25, 0.3) is 0 Å². The summed E-state index contributed by atoms with van der Waals surface area (Å²) in [6, 6.07) is 10.1. The minimum atomic E-state index is -1.46. The predicted octanol–water partition coefficient (Wildman–Crippen LogP) is 4.51. The van der Waals surface area contributed by atoms with Crippen LogP contribution in [0, 0.1) is 5.82 Å². The van der Waals surface area contributed by atoms with Gasteiger partial charge in [-0.05, 0) is 36.4 Å². The Morgan fingerprint density at radius 3 is 2.19 bits per heavy atom. The Hall–Kier alpha value is -1.23. The predicted molar refractivity (Wildman–Crippen MR) is 83.1 cm³/mol. The molecule has 2 rings (SSSR count). The first-order chi connectivity index (χ1) is 9.99. The van der Waals surface area contributed by atoms with Crippen molar-refractivity contribution in [1.29, 1.82) is 0 Å². The smallest absolute Gasteiger partial charge is 0.163 e. The summed E-state index contributed by atoms with van der Waals surface area (Å²) >= 11 is 11.9.